The van der Waals surface area contributed by atoms with Gasteiger partial charge >= 0.3 is 0 Å². The van der Waals surface area contributed by atoms with Gasteiger partial charge in [0, 0.05) is 7.11 Å². The maximum atomic E-state index is 5.97. The molecule has 0 aromatic carbocycles. The van der Waals surface area contributed by atoms with Gasteiger partial charge in [0.05, 0.1) is 6.10 Å². The highest BCUT2D eigenvalue weighted by molar-refractivity contribution is 5.16. The predicted molar refractivity (Wildman–Crippen MR) is 105 cm³/mol. The zero-order valence-electron chi connectivity index (χ0n) is 16.9. The Morgan fingerprint density at radius 1 is 0.962 bits per heavy atom. The van der Waals surface area contributed by atoms with Crippen LogP contribution in [0.3, 0.4) is 0 Å². The Hall–Kier alpha value is -0.340. The summed E-state index contributed by atoms with van der Waals surface area (Å²) in [5.74, 6) is 4.86. The Morgan fingerprint density at radius 3 is 2.77 bits per heavy atom. The molecule has 5 aliphatic carbocycles. The lowest BCUT2D eigenvalue weighted by Crippen LogP contribution is -2.54. The van der Waals surface area contributed by atoms with Crippen molar-refractivity contribution in [3.05, 3.63) is 12.2 Å². The van der Waals surface area contributed by atoms with Crippen LogP contribution in [0.1, 0.15) is 77.6 Å². The first-order valence-electron chi connectivity index (χ1n) is 11.4. The summed E-state index contributed by atoms with van der Waals surface area (Å²) in [5.41, 5.74) is 1.29. The van der Waals surface area contributed by atoms with Crippen LogP contribution in [0.5, 0.6) is 0 Å². The highest BCUT2D eigenvalue weighted by atomic mass is 16.7. The molecular formula is C24H38O2. The molecule has 8 atom stereocenters. The molecule has 0 radical (unpaired) electrons. The van der Waals surface area contributed by atoms with Crippen LogP contribution in [-0.4, -0.2) is 20.0 Å². The third-order valence-corrected chi connectivity index (χ3v) is 9.97. The van der Waals surface area contributed by atoms with Crippen molar-refractivity contribution in [3.8, 4) is 0 Å². The van der Waals surface area contributed by atoms with E-state index in [0.29, 0.717) is 23.7 Å². The van der Waals surface area contributed by atoms with Crippen molar-refractivity contribution in [1.82, 2.24) is 0 Å². The Morgan fingerprint density at radius 2 is 1.88 bits per heavy atom. The van der Waals surface area contributed by atoms with Gasteiger partial charge in [-0.15, -0.1) is 0 Å². The topological polar surface area (TPSA) is 18.5 Å². The standard InChI is InChI=1S/C24H38O2/c1-23-13-10-19(26-16-25-2)15-18(23)6-8-20-21(23)11-14-24-12-4-3-5-17(24)7-9-22(20)24/h3,5,17-22H,4,6-16H2,1-2H3/t17-,18+,19+,20+,21-,22-,23-,24-/m0/s1. The number of ether oxygens (including phenoxy) is 2. The maximum absolute atomic E-state index is 5.97. The second-order valence-electron chi connectivity index (χ2n) is 10.5. The first-order chi connectivity index (χ1) is 12.7. The fourth-order valence-electron chi connectivity index (χ4n) is 8.78. The highest BCUT2D eigenvalue weighted by Gasteiger charge is 2.61. The minimum atomic E-state index is 0.443. The Balaban J connectivity index is 1.35. The van der Waals surface area contributed by atoms with Crippen molar-refractivity contribution in [1.29, 1.82) is 0 Å². The lowest BCUT2D eigenvalue weighted by atomic mass is 9.43. The van der Waals surface area contributed by atoms with Crippen molar-refractivity contribution in [3.63, 3.8) is 0 Å². The van der Waals surface area contributed by atoms with Crippen LogP contribution in [0.15, 0.2) is 12.2 Å². The first-order valence-corrected chi connectivity index (χ1v) is 11.4. The fraction of sp³-hybridized carbons (Fsp3) is 0.917. The van der Waals surface area contributed by atoms with E-state index in [-0.39, 0.29) is 0 Å². The second-order valence-corrected chi connectivity index (χ2v) is 10.5. The van der Waals surface area contributed by atoms with E-state index in [9.17, 15) is 0 Å². The minimum Gasteiger partial charge on any atom is -0.359 e. The van der Waals surface area contributed by atoms with Crippen molar-refractivity contribution in [2.24, 2.45) is 40.4 Å². The minimum absolute atomic E-state index is 0.443. The number of fused-ring (bicyclic) bond motifs is 4. The van der Waals surface area contributed by atoms with Crippen molar-refractivity contribution in [2.45, 2.75) is 83.7 Å². The molecule has 0 aromatic rings. The number of methoxy groups -OCH3 is 1. The van der Waals surface area contributed by atoms with Crippen LogP contribution in [0.2, 0.25) is 0 Å². The summed E-state index contributed by atoms with van der Waals surface area (Å²) in [7, 11) is 1.74. The molecule has 5 rings (SSSR count). The van der Waals surface area contributed by atoms with Gasteiger partial charge in [0.1, 0.15) is 6.79 Å². The summed E-state index contributed by atoms with van der Waals surface area (Å²) in [5, 5.41) is 0. The molecule has 4 saturated carbocycles. The summed E-state index contributed by atoms with van der Waals surface area (Å²) in [6, 6.07) is 0. The van der Waals surface area contributed by atoms with E-state index in [4.69, 9.17) is 9.47 Å². The van der Waals surface area contributed by atoms with Crippen molar-refractivity contribution >= 4 is 0 Å². The molecule has 0 amide bonds. The van der Waals surface area contributed by atoms with Crippen LogP contribution in [0, 0.1) is 40.4 Å². The van der Waals surface area contributed by atoms with E-state index < -0.39 is 0 Å². The van der Waals surface area contributed by atoms with Gasteiger partial charge in [0.25, 0.3) is 0 Å². The molecule has 146 valence electrons. The number of hydrogen-bond acceptors (Lipinski definition) is 2. The molecule has 0 heterocycles. The van der Waals surface area contributed by atoms with Gasteiger partial charge in [-0.05, 0) is 111 Å². The smallest absolute Gasteiger partial charge is 0.146 e. The molecular weight excluding hydrogens is 320 g/mol. The first kappa shape index (κ1) is 17.7. The van der Waals surface area contributed by atoms with Crippen LogP contribution >= 0.6 is 0 Å². The van der Waals surface area contributed by atoms with E-state index in [1.807, 2.05) is 0 Å². The number of allylic oxidation sites excluding steroid dienone is 2. The van der Waals surface area contributed by atoms with Crippen LogP contribution < -0.4 is 0 Å². The number of rotatable bonds is 3. The molecule has 0 bridgehead atoms. The third-order valence-electron chi connectivity index (χ3n) is 9.97. The third kappa shape index (κ3) is 2.50. The predicted octanol–water partition coefficient (Wildman–Crippen LogP) is 5.96. The van der Waals surface area contributed by atoms with Gasteiger partial charge in [-0.25, -0.2) is 0 Å². The summed E-state index contributed by atoms with van der Waals surface area (Å²) in [6.07, 6.45) is 21.3. The molecule has 1 spiro atoms. The monoisotopic (exact) mass is 358 g/mol. The molecule has 2 heteroatoms. The van der Waals surface area contributed by atoms with Gasteiger partial charge in [-0.1, -0.05) is 19.1 Å². The van der Waals surface area contributed by atoms with E-state index in [2.05, 4.69) is 19.1 Å². The van der Waals surface area contributed by atoms with Crippen LogP contribution in [0.4, 0.5) is 0 Å². The molecule has 5 aliphatic rings. The van der Waals surface area contributed by atoms with E-state index >= 15 is 0 Å². The molecule has 0 unspecified atom stereocenters. The van der Waals surface area contributed by atoms with Crippen LogP contribution in [0.25, 0.3) is 0 Å². The molecule has 0 aliphatic heterocycles. The molecule has 0 N–H and O–H groups in total. The van der Waals surface area contributed by atoms with Crippen molar-refractivity contribution in [2.75, 3.05) is 13.9 Å². The van der Waals surface area contributed by atoms with E-state index in [1.54, 1.807) is 7.11 Å². The zero-order valence-corrected chi connectivity index (χ0v) is 16.9. The quantitative estimate of drug-likeness (QED) is 0.457. The van der Waals surface area contributed by atoms with E-state index in [1.165, 1.54) is 70.6 Å². The lowest BCUT2D eigenvalue weighted by molar-refractivity contribution is -0.154. The average Bonchev–Trinajstić information content (AvgIpc) is 3.06. The molecule has 0 aromatic heterocycles. The zero-order chi connectivity index (χ0) is 17.8. The molecule has 4 fully saturated rings. The van der Waals surface area contributed by atoms with E-state index in [0.717, 1.165) is 29.6 Å². The van der Waals surface area contributed by atoms with Gasteiger partial charge in [0.2, 0.25) is 0 Å². The highest BCUT2D eigenvalue weighted by Crippen LogP contribution is 2.69. The molecule has 0 saturated heterocycles. The van der Waals surface area contributed by atoms with Gasteiger partial charge < -0.3 is 9.47 Å². The summed E-state index contributed by atoms with van der Waals surface area (Å²) in [4.78, 5) is 0. The molecule has 26 heavy (non-hydrogen) atoms. The average molecular weight is 359 g/mol. The lowest BCUT2D eigenvalue weighted by Gasteiger charge is -2.62. The van der Waals surface area contributed by atoms with Gasteiger partial charge in [0.15, 0.2) is 0 Å². The Bertz CT molecular complexity index is 556. The summed E-state index contributed by atoms with van der Waals surface area (Å²) in [6.45, 7) is 3.14. The summed E-state index contributed by atoms with van der Waals surface area (Å²) < 4.78 is 11.1. The van der Waals surface area contributed by atoms with Crippen LogP contribution in [-0.2, 0) is 9.47 Å². The summed E-state index contributed by atoms with van der Waals surface area (Å²) >= 11 is 0. The SMILES string of the molecule is COCO[C@@H]1CC[C@@]2(C)[C@H](CC[C@@H]3[C@@H]2CC[C@@]24CCC=C[C@H]2CC[C@@H]34)C1. The molecule has 2 nitrogen and oxygen atoms in total. The Labute approximate surface area is 160 Å². The maximum Gasteiger partial charge on any atom is 0.146 e. The number of hydrogen-bond donors (Lipinski definition) is 0. The largest absolute Gasteiger partial charge is 0.359 e. The normalized spacial score (nSPS) is 52.7. The Kier molecular flexibility index (Phi) is 4.52. The fourth-order valence-corrected chi connectivity index (χ4v) is 8.78. The second kappa shape index (κ2) is 6.62. The van der Waals surface area contributed by atoms with Gasteiger partial charge in [-0.2, -0.15) is 0 Å². The van der Waals surface area contributed by atoms with Gasteiger partial charge in [-0.3, -0.25) is 0 Å². The van der Waals surface area contributed by atoms with Crippen molar-refractivity contribution < 1.29 is 9.47 Å².